The van der Waals surface area contributed by atoms with Crippen molar-refractivity contribution in [2.24, 2.45) is 25.7 Å². The number of aryl methyl sites for hydroxylation is 3. The molecule has 1 unspecified atom stereocenters. The van der Waals surface area contributed by atoms with Crippen molar-refractivity contribution in [3.63, 3.8) is 0 Å². The molecule has 0 aliphatic heterocycles. The summed E-state index contributed by atoms with van der Waals surface area (Å²) in [5.41, 5.74) is 6.16. The van der Waals surface area contributed by atoms with E-state index in [2.05, 4.69) is 20.5 Å². The topological polar surface area (TPSA) is 104 Å². The monoisotopic (exact) mass is 595 g/mol. The van der Waals surface area contributed by atoms with Crippen LogP contribution in [0.1, 0.15) is 65.2 Å². The van der Waals surface area contributed by atoms with E-state index in [0.29, 0.717) is 30.2 Å². The SMILES string of the molecule is Cc1nn(C)c2nc(C(CN)C3CCCC3)c(CN(Cc3cc(C(F)(F)F)cc(C(F)(F)F)c3)c3nnn(C)n3)cc12. The molecule has 42 heavy (non-hydrogen) atoms. The number of benzene rings is 1. The molecule has 3 heterocycles. The van der Waals surface area contributed by atoms with Crippen LogP contribution in [0.2, 0.25) is 0 Å². The highest BCUT2D eigenvalue weighted by Gasteiger charge is 2.37. The number of hydrogen-bond donors (Lipinski definition) is 1. The van der Waals surface area contributed by atoms with E-state index in [-0.39, 0.29) is 36.6 Å². The van der Waals surface area contributed by atoms with Gasteiger partial charge in [0.05, 0.1) is 29.6 Å². The van der Waals surface area contributed by atoms with Crippen molar-refractivity contribution >= 4 is 17.0 Å². The van der Waals surface area contributed by atoms with E-state index in [4.69, 9.17) is 10.7 Å². The highest BCUT2D eigenvalue weighted by molar-refractivity contribution is 5.79. The minimum absolute atomic E-state index is 0.0408. The van der Waals surface area contributed by atoms with Crippen LogP contribution in [0.25, 0.3) is 11.0 Å². The van der Waals surface area contributed by atoms with E-state index in [1.807, 2.05) is 13.0 Å². The number of fused-ring (bicyclic) bond motifs is 1. The Morgan fingerprint density at radius 2 is 1.60 bits per heavy atom. The highest BCUT2D eigenvalue weighted by Crippen LogP contribution is 2.40. The molecule has 0 spiro atoms. The van der Waals surface area contributed by atoms with E-state index in [1.54, 1.807) is 11.7 Å². The molecule has 2 N–H and O–H groups in total. The van der Waals surface area contributed by atoms with Crippen LogP contribution in [0, 0.1) is 12.8 Å². The lowest BCUT2D eigenvalue weighted by molar-refractivity contribution is -0.143. The second-order valence-corrected chi connectivity index (χ2v) is 10.8. The van der Waals surface area contributed by atoms with E-state index in [0.717, 1.165) is 48.0 Å². The van der Waals surface area contributed by atoms with Gasteiger partial charge in [0.15, 0.2) is 5.65 Å². The van der Waals surface area contributed by atoms with Gasteiger partial charge < -0.3 is 10.6 Å². The Kier molecular flexibility index (Phi) is 7.89. The van der Waals surface area contributed by atoms with Crippen LogP contribution >= 0.6 is 0 Å². The molecule has 1 atom stereocenters. The number of anilines is 1. The standard InChI is InChI=1S/C27H31F6N9/c1-15-21-10-18(23(35-24(21)40(2)37-15)22(12-34)17-6-4-5-7-17)14-42(25-36-39-41(3)38-25)13-16-8-19(26(28,29)30)11-20(9-16)27(31,32)33/h8-11,17,22H,4-7,12-14,34H2,1-3H3. The number of rotatable bonds is 8. The van der Waals surface area contributed by atoms with Crippen LogP contribution in [0.15, 0.2) is 24.3 Å². The van der Waals surface area contributed by atoms with Gasteiger partial charge in [-0.15, -0.1) is 5.10 Å². The minimum Gasteiger partial charge on any atom is -0.330 e. The van der Waals surface area contributed by atoms with Gasteiger partial charge in [-0.2, -0.15) is 36.2 Å². The molecule has 1 fully saturated rings. The maximum atomic E-state index is 13.6. The summed E-state index contributed by atoms with van der Waals surface area (Å²) in [4.78, 5) is 7.67. The summed E-state index contributed by atoms with van der Waals surface area (Å²) < 4.78 is 83.4. The van der Waals surface area contributed by atoms with Crippen molar-refractivity contribution < 1.29 is 26.3 Å². The smallest absolute Gasteiger partial charge is 0.330 e. The maximum absolute atomic E-state index is 13.6. The van der Waals surface area contributed by atoms with Gasteiger partial charge in [-0.1, -0.05) is 17.9 Å². The fourth-order valence-electron chi connectivity index (χ4n) is 5.87. The zero-order valence-electron chi connectivity index (χ0n) is 23.3. The van der Waals surface area contributed by atoms with Crippen molar-refractivity contribution in [2.75, 3.05) is 11.4 Å². The quantitative estimate of drug-likeness (QED) is 0.277. The Morgan fingerprint density at radius 1 is 0.952 bits per heavy atom. The number of nitrogens with zero attached hydrogens (tertiary/aromatic N) is 8. The molecule has 1 aliphatic rings. The average molecular weight is 596 g/mol. The summed E-state index contributed by atoms with van der Waals surface area (Å²) in [6.07, 6.45) is -5.80. The van der Waals surface area contributed by atoms with Gasteiger partial charge in [0.1, 0.15) is 0 Å². The number of hydrogen-bond acceptors (Lipinski definition) is 7. The third kappa shape index (κ3) is 6.05. The molecular formula is C27H31F6N9. The van der Waals surface area contributed by atoms with Crippen molar-refractivity contribution in [3.8, 4) is 0 Å². The molecule has 0 saturated heterocycles. The zero-order chi connectivity index (χ0) is 30.4. The number of alkyl halides is 6. The van der Waals surface area contributed by atoms with E-state index < -0.39 is 23.5 Å². The molecule has 3 aromatic heterocycles. The van der Waals surface area contributed by atoms with Crippen LogP contribution < -0.4 is 10.6 Å². The molecule has 5 rings (SSSR count). The largest absolute Gasteiger partial charge is 0.416 e. The van der Waals surface area contributed by atoms with Crippen molar-refractivity contribution in [2.45, 2.75) is 64.0 Å². The lowest BCUT2D eigenvalue weighted by atomic mass is 9.85. The number of aromatic nitrogens is 7. The number of nitrogens with two attached hydrogens (primary N) is 1. The molecule has 226 valence electrons. The molecule has 1 aromatic carbocycles. The molecule has 9 nitrogen and oxygen atoms in total. The summed E-state index contributed by atoms with van der Waals surface area (Å²) in [7, 11) is 3.31. The van der Waals surface area contributed by atoms with Crippen LogP contribution in [-0.2, 0) is 39.5 Å². The van der Waals surface area contributed by atoms with Crippen LogP contribution in [0.5, 0.6) is 0 Å². The third-order valence-electron chi connectivity index (χ3n) is 7.85. The molecule has 0 radical (unpaired) electrons. The van der Waals surface area contributed by atoms with E-state index in [1.165, 1.54) is 16.7 Å². The molecule has 0 bridgehead atoms. The second kappa shape index (κ2) is 11.2. The maximum Gasteiger partial charge on any atom is 0.416 e. The van der Waals surface area contributed by atoms with Gasteiger partial charge in [-0.05, 0) is 66.3 Å². The molecule has 1 aliphatic carbocycles. The molecule has 15 heteroatoms. The number of tetrazole rings is 1. The minimum atomic E-state index is -4.97. The lowest BCUT2D eigenvalue weighted by Gasteiger charge is -2.27. The fourth-order valence-corrected chi connectivity index (χ4v) is 5.87. The normalized spacial score (nSPS) is 15.6. The predicted octanol–water partition coefficient (Wildman–Crippen LogP) is 5.28. The van der Waals surface area contributed by atoms with Gasteiger partial charge in [-0.25, -0.2) is 4.98 Å². The Bertz CT molecular complexity index is 1530. The van der Waals surface area contributed by atoms with Crippen molar-refractivity contribution in [1.29, 1.82) is 0 Å². The van der Waals surface area contributed by atoms with E-state index >= 15 is 0 Å². The average Bonchev–Trinajstić information content (AvgIpc) is 3.65. The van der Waals surface area contributed by atoms with Crippen LogP contribution in [0.3, 0.4) is 0 Å². The summed E-state index contributed by atoms with van der Waals surface area (Å²) in [5.74, 6) is 0.251. The fraction of sp³-hybridized carbons (Fsp3) is 0.519. The second-order valence-electron chi connectivity index (χ2n) is 10.8. The lowest BCUT2D eigenvalue weighted by Crippen LogP contribution is -2.28. The Labute approximate surface area is 237 Å². The van der Waals surface area contributed by atoms with Crippen molar-refractivity contribution in [1.82, 2.24) is 35.0 Å². The molecular weight excluding hydrogens is 564 g/mol. The first-order chi connectivity index (χ1) is 19.7. The molecule has 1 saturated carbocycles. The first kappa shape index (κ1) is 29.7. The molecule has 4 aromatic rings. The number of pyridine rings is 1. The predicted molar refractivity (Wildman–Crippen MR) is 142 cm³/mol. The van der Waals surface area contributed by atoms with Crippen LogP contribution in [0.4, 0.5) is 32.3 Å². The first-order valence-electron chi connectivity index (χ1n) is 13.5. The van der Waals surface area contributed by atoms with Gasteiger partial charge in [-0.3, -0.25) is 4.68 Å². The van der Waals surface area contributed by atoms with Gasteiger partial charge >= 0.3 is 12.4 Å². The first-order valence-corrected chi connectivity index (χ1v) is 13.5. The zero-order valence-corrected chi connectivity index (χ0v) is 23.3. The van der Waals surface area contributed by atoms with E-state index in [9.17, 15) is 26.3 Å². The summed E-state index contributed by atoms with van der Waals surface area (Å²) in [6.45, 7) is 1.87. The van der Waals surface area contributed by atoms with Gasteiger partial charge in [0, 0.05) is 38.0 Å². The van der Waals surface area contributed by atoms with Crippen molar-refractivity contribution in [3.05, 3.63) is 57.9 Å². The Hall–Kier alpha value is -3.75. The number of halogens is 6. The van der Waals surface area contributed by atoms with Gasteiger partial charge in [0.2, 0.25) is 0 Å². The summed E-state index contributed by atoms with van der Waals surface area (Å²) in [5, 5.41) is 17.4. The third-order valence-corrected chi connectivity index (χ3v) is 7.85. The van der Waals surface area contributed by atoms with Crippen LogP contribution in [-0.4, -0.2) is 41.5 Å². The molecule has 0 amide bonds. The highest BCUT2D eigenvalue weighted by atomic mass is 19.4. The Morgan fingerprint density at radius 3 is 2.14 bits per heavy atom. The Balaban J connectivity index is 1.62. The van der Waals surface area contributed by atoms with Gasteiger partial charge in [0.25, 0.3) is 5.95 Å². The summed E-state index contributed by atoms with van der Waals surface area (Å²) in [6, 6.07) is 3.47. The summed E-state index contributed by atoms with van der Waals surface area (Å²) >= 11 is 0.